The first-order valence-corrected chi connectivity index (χ1v) is 16.3. The Bertz CT molecular complexity index is 1800. The number of likely N-dealkylation sites (tertiary alicyclic amines) is 1. The number of ether oxygens (including phenoxy) is 3. The zero-order valence-electron chi connectivity index (χ0n) is 27.6. The zero-order chi connectivity index (χ0) is 32.8. The SMILES string of the molecule is Cn1nc(-c2ccc(OCc3ccccc3)nc2OCc2ccccc2)c2ccc(NC[C@@H]3CCCN(C(=O)OC(C)(C)C)C3)cc21. The molecule has 6 rings (SSSR count). The van der Waals surface area contributed by atoms with Gasteiger partial charge < -0.3 is 24.4 Å². The first-order chi connectivity index (χ1) is 22.7. The van der Waals surface area contributed by atoms with Gasteiger partial charge in [-0.25, -0.2) is 4.79 Å². The van der Waals surface area contributed by atoms with Gasteiger partial charge in [0.25, 0.3) is 0 Å². The maximum Gasteiger partial charge on any atom is 0.410 e. The number of rotatable bonds is 10. The van der Waals surface area contributed by atoms with Gasteiger partial charge in [0.15, 0.2) is 0 Å². The van der Waals surface area contributed by atoms with Gasteiger partial charge in [0.2, 0.25) is 11.8 Å². The fourth-order valence-electron chi connectivity index (χ4n) is 5.80. The first-order valence-electron chi connectivity index (χ1n) is 16.3. The van der Waals surface area contributed by atoms with Gasteiger partial charge in [-0.2, -0.15) is 10.1 Å². The number of hydrogen-bond acceptors (Lipinski definition) is 7. The molecule has 9 heteroatoms. The lowest BCUT2D eigenvalue weighted by Gasteiger charge is -2.34. The summed E-state index contributed by atoms with van der Waals surface area (Å²) in [5.74, 6) is 1.29. The van der Waals surface area contributed by atoms with Crippen molar-refractivity contribution in [2.24, 2.45) is 13.0 Å². The zero-order valence-corrected chi connectivity index (χ0v) is 27.6. The van der Waals surface area contributed by atoms with E-state index in [2.05, 4.69) is 23.5 Å². The standard InChI is InChI=1S/C38H43N5O4/c1-38(2,3)47-37(44)43-21-11-16-29(24-43)23-39-30-17-18-31-33(22-30)42(4)41-35(31)32-19-20-34(45-25-27-12-7-5-8-13-27)40-36(32)46-26-28-14-9-6-10-15-28/h5-10,12-15,17-20,22,29,39H,11,16,21,23-26H2,1-4H3/t29-/m0/s1. The topological polar surface area (TPSA) is 90.7 Å². The van der Waals surface area contributed by atoms with Crippen LogP contribution < -0.4 is 14.8 Å². The van der Waals surface area contributed by atoms with Gasteiger partial charge in [-0.15, -0.1) is 0 Å². The molecule has 47 heavy (non-hydrogen) atoms. The van der Waals surface area contributed by atoms with Crippen LogP contribution in [-0.2, 0) is 25.0 Å². The van der Waals surface area contributed by atoms with Gasteiger partial charge in [-0.1, -0.05) is 60.7 Å². The third kappa shape index (κ3) is 8.22. The van der Waals surface area contributed by atoms with E-state index >= 15 is 0 Å². The van der Waals surface area contributed by atoms with Crippen LogP contribution in [-0.4, -0.2) is 51.0 Å². The summed E-state index contributed by atoms with van der Waals surface area (Å²) >= 11 is 0. The Morgan fingerprint density at radius 3 is 2.32 bits per heavy atom. The molecule has 2 aromatic heterocycles. The van der Waals surface area contributed by atoms with Crippen LogP contribution in [0, 0.1) is 5.92 Å². The summed E-state index contributed by atoms with van der Waals surface area (Å²) in [5.41, 5.74) is 5.19. The van der Waals surface area contributed by atoms with Crippen LogP contribution in [0.1, 0.15) is 44.7 Å². The van der Waals surface area contributed by atoms with Crippen LogP contribution in [0.2, 0.25) is 0 Å². The van der Waals surface area contributed by atoms with Crippen molar-refractivity contribution in [3.63, 3.8) is 0 Å². The number of aryl methyl sites for hydroxylation is 1. The molecule has 1 saturated heterocycles. The highest BCUT2D eigenvalue weighted by molar-refractivity contribution is 5.96. The molecule has 1 atom stereocenters. The maximum absolute atomic E-state index is 12.6. The average Bonchev–Trinajstić information content (AvgIpc) is 3.41. The summed E-state index contributed by atoms with van der Waals surface area (Å²) < 4.78 is 19.9. The van der Waals surface area contributed by atoms with Crippen LogP contribution in [0.3, 0.4) is 0 Å². The minimum atomic E-state index is -0.497. The largest absolute Gasteiger partial charge is 0.473 e. The summed E-state index contributed by atoms with van der Waals surface area (Å²) in [6, 6.07) is 30.2. The number of nitrogens with one attached hydrogen (secondary N) is 1. The van der Waals surface area contributed by atoms with Crippen molar-refractivity contribution in [2.75, 3.05) is 25.0 Å². The van der Waals surface area contributed by atoms with Crippen LogP contribution in [0.25, 0.3) is 22.2 Å². The second-order valence-electron chi connectivity index (χ2n) is 13.1. The molecule has 1 amide bonds. The Morgan fingerprint density at radius 1 is 0.915 bits per heavy atom. The van der Waals surface area contributed by atoms with Crippen molar-refractivity contribution in [3.8, 4) is 23.0 Å². The highest BCUT2D eigenvalue weighted by atomic mass is 16.6. The predicted molar refractivity (Wildman–Crippen MR) is 185 cm³/mol. The van der Waals surface area contributed by atoms with Crippen molar-refractivity contribution in [3.05, 3.63) is 102 Å². The molecule has 9 nitrogen and oxygen atoms in total. The van der Waals surface area contributed by atoms with E-state index in [1.165, 1.54) is 0 Å². The Kier molecular flexibility index (Phi) is 9.61. The highest BCUT2D eigenvalue weighted by Crippen LogP contribution is 2.36. The fourth-order valence-corrected chi connectivity index (χ4v) is 5.80. The number of hydrogen-bond donors (Lipinski definition) is 1. The van der Waals surface area contributed by atoms with Crippen LogP contribution in [0.4, 0.5) is 10.5 Å². The average molecular weight is 634 g/mol. The summed E-state index contributed by atoms with van der Waals surface area (Å²) in [6.45, 7) is 8.67. The Hall–Kier alpha value is -5.05. The second-order valence-corrected chi connectivity index (χ2v) is 13.1. The molecule has 3 heterocycles. The van der Waals surface area contributed by atoms with Gasteiger partial charge in [0, 0.05) is 43.8 Å². The molecule has 0 unspecified atom stereocenters. The monoisotopic (exact) mass is 633 g/mol. The van der Waals surface area contributed by atoms with Crippen LogP contribution >= 0.6 is 0 Å². The minimum absolute atomic E-state index is 0.233. The van der Waals surface area contributed by atoms with Gasteiger partial charge in [-0.05, 0) is 74.9 Å². The molecule has 3 aromatic carbocycles. The van der Waals surface area contributed by atoms with E-state index in [1.54, 1.807) is 0 Å². The molecule has 1 N–H and O–H groups in total. The Labute approximate surface area is 276 Å². The number of anilines is 1. The number of pyridine rings is 1. The third-order valence-electron chi connectivity index (χ3n) is 8.15. The molecule has 5 aromatic rings. The number of carbonyl (C=O) groups excluding carboxylic acids is 1. The minimum Gasteiger partial charge on any atom is -0.473 e. The normalized spacial score (nSPS) is 15.0. The lowest BCUT2D eigenvalue weighted by atomic mass is 9.98. The molecular formula is C38H43N5O4. The molecule has 0 saturated carbocycles. The summed E-state index contributed by atoms with van der Waals surface area (Å²) in [5, 5.41) is 9.52. The van der Waals surface area contributed by atoms with Crippen molar-refractivity contribution in [2.45, 2.75) is 52.4 Å². The molecule has 1 aliphatic heterocycles. The Morgan fingerprint density at radius 2 is 1.62 bits per heavy atom. The first kappa shape index (κ1) is 31.9. The van der Waals surface area contributed by atoms with Gasteiger partial charge >= 0.3 is 6.09 Å². The number of nitrogens with zero attached hydrogens (tertiary/aromatic N) is 4. The lowest BCUT2D eigenvalue weighted by Crippen LogP contribution is -2.44. The molecule has 0 spiro atoms. The number of fused-ring (bicyclic) bond motifs is 1. The summed E-state index contributed by atoms with van der Waals surface area (Å²) in [4.78, 5) is 19.3. The van der Waals surface area contributed by atoms with Gasteiger partial charge in [0.1, 0.15) is 24.5 Å². The van der Waals surface area contributed by atoms with E-state index < -0.39 is 5.60 Å². The smallest absolute Gasteiger partial charge is 0.410 e. The number of benzene rings is 3. The predicted octanol–water partition coefficient (Wildman–Crippen LogP) is 7.85. The molecule has 0 bridgehead atoms. The van der Waals surface area contributed by atoms with Crippen molar-refractivity contribution in [1.29, 1.82) is 0 Å². The Balaban J connectivity index is 1.20. The highest BCUT2D eigenvalue weighted by Gasteiger charge is 2.27. The lowest BCUT2D eigenvalue weighted by molar-refractivity contribution is 0.0172. The van der Waals surface area contributed by atoms with Crippen molar-refractivity contribution in [1.82, 2.24) is 19.7 Å². The number of aromatic nitrogens is 3. The molecule has 244 valence electrons. The van der Waals surface area contributed by atoms with Crippen molar-refractivity contribution >= 4 is 22.7 Å². The number of piperidine rings is 1. The molecule has 0 radical (unpaired) electrons. The van der Waals surface area contributed by atoms with E-state index in [0.717, 1.165) is 64.9 Å². The third-order valence-corrected chi connectivity index (χ3v) is 8.15. The van der Waals surface area contributed by atoms with E-state index in [1.807, 2.05) is 110 Å². The molecule has 1 aliphatic rings. The van der Waals surface area contributed by atoms with Crippen molar-refractivity contribution < 1.29 is 19.0 Å². The quantitative estimate of drug-likeness (QED) is 0.168. The molecule has 1 fully saturated rings. The number of amides is 1. The van der Waals surface area contributed by atoms with Crippen LogP contribution in [0.5, 0.6) is 11.8 Å². The van der Waals surface area contributed by atoms with Crippen LogP contribution in [0.15, 0.2) is 91.0 Å². The van der Waals surface area contributed by atoms with E-state index in [9.17, 15) is 4.79 Å². The van der Waals surface area contributed by atoms with E-state index in [0.29, 0.717) is 37.4 Å². The molecular weight excluding hydrogens is 590 g/mol. The second kappa shape index (κ2) is 14.2. The van der Waals surface area contributed by atoms with Gasteiger partial charge in [-0.3, -0.25) is 4.68 Å². The fraction of sp³-hybridized carbons (Fsp3) is 0.342. The van der Waals surface area contributed by atoms with Gasteiger partial charge in [0.05, 0.1) is 11.1 Å². The maximum atomic E-state index is 12.6. The summed E-state index contributed by atoms with van der Waals surface area (Å²) in [7, 11) is 1.95. The number of carbonyl (C=O) groups is 1. The molecule has 0 aliphatic carbocycles. The summed E-state index contributed by atoms with van der Waals surface area (Å²) in [6.07, 6.45) is 1.80. The van der Waals surface area contributed by atoms with E-state index in [-0.39, 0.29) is 6.09 Å². The van der Waals surface area contributed by atoms with E-state index in [4.69, 9.17) is 24.3 Å².